The molecule has 2 N–H and O–H groups in total. The van der Waals surface area contributed by atoms with E-state index in [1.165, 1.54) is 0 Å². The molecule has 0 saturated heterocycles. The fourth-order valence-electron chi connectivity index (χ4n) is 3.30. The molecule has 28 heavy (non-hydrogen) atoms. The molecule has 0 bridgehead atoms. The van der Waals surface area contributed by atoms with Crippen LogP contribution >= 0.6 is 0 Å². The summed E-state index contributed by atoms with van der Waals surface area (Å²) in [5, 5.41) is 4.06. The quantitative estimate of drug-likeness (QED) is 0.689. The lowest BCUT2D eigenvalue weighted by molar-refractivity contribution is -0.128. The number of hydrogen-bond acceptors (Lipinski definition) is 3. The molecule has 0 aliphatic heterocycles. The largest absolute Gasteiger partial charge is 0.350 e. The number of fused-ring (bicyclic) bond motifs is 1. The third-order valence-corrected chi connectivity index (χ3v) is 4.94. The van der Waals surface area contributed by atoms with Crippen molar-refractivity contribution < 1.29 is 9.59 Å². The number of amides is 2. The van der Waals surface area contributed by atoms with Gasteiger partial charge in [0.15, 0.2) is 0 Å². The van der Waals surface area contributed by atoms with Crippen LogP contribution in [0.2, 0.25) is 0 Å². The Morgan fingerprint density at radius 3 is 2.57 bits per heavy atom. The Labute approximate surface area is 165 Å². The van der Waals surface area contributed by atoms with Crippen molar-refractivity contribution >= 4 is 22.7 Å². The summed E-state index contributed by atoms with van der Waals surface area (Å²) in [5.41, 5.74) is 4.32. The third-order valence-electron chi connectivity index (χ3n) is 4.94. The molecule has 6 nitrogen and oxygen atoms in total. The molecule has 1 aromatic carbocycles. The topological polar surface area (TPSA) is 78.1 Å². The first-order chi connectivity index (χ1) is 13.4. The number of pyridine rings is 1. The summed E-state index contributed by atoms with van der Waals surface area (Å²) in [7, 11) is 3.46. The van der Waals surface area contributed by atoms with Crippen molar-refractivity contribution in [1.82, 2.24) is 20.2 Å². The zero-order valence-electron chi connectivity index (χ0n) is 16.7. The van der Waals surface area contributed by atoms with E-state index in [2.05, 4.69) is 15.3 Å². The zero-order valence-corrected chi connectivity index (χ0v) is 16.7. The minimum atomic E-state index is -0.342. The average molecular weight is 378 g/mol. The molecule has 0 fully saturated rings. The molecule has 2 heterocycles. The Bertz CT molecular complexity index is 1010. The van der Waals surface area contributed by atoms with Crippen LogP contribution in [0.1, 0.15) is 46.2 Å². The average Bonchev–Trinajstić information content (AvgIpc) is 3.11. The standard InChI is InChI=1S/C22H26N4O2/c1-14-7-5-9-16-13-18(24-20(14)16)22(28)25-17(10-11-19(27)26(3)4)21-15(2)8-6-12-23-21/h5-9,12-13,17,24H,10-11H2,1-4H3,(H,25,28). The molecule has 0 aliphatic rings. The number of H-pyrrole nitrogens is 1. The predicted molar refractivity (Wildman–Crippen MR) is 110 cm³/mol. The lowest BCUT2D eigenvalue weighted by Gasteiger charge is -2.20. The molecular weight excluding hydrogens is 352 g/mol. The van der Waals surface area contributed by atoms with Gasteiger partial charge in [-0.3, -0.25) is 14.6 Å². The second kappa shape index (κ2) is 8.25. The van der Waals surface area contributed by atoms with Crippen LogP contribution in [0.25, 0.3) is 10.9 Å². The minimum Gasteiger partial charge on any atom is -0.350 e. The number of nitrogens with zero attached hydrogens (tertiary/aromatic N) is 2. The van der Waals surface area contributed by atoms with Crippen molar-refractivity contribution in [2.24, 2.45) is 0 Å². The highest BCUT2D eigenvalue weighted by Crippen LogP contribution is 2.23. The molecule has 6 heteroatoms. The maximum atomic E-state index is 12.9. The van der Waals surface area contributed by atoms with Gasteiger partial charge in [-0.15, -0.1) is 0 Å². The summed E-state index contributed by atoms with van der Waals surface area (Å²) in [6.45, 7) is 3.97. The van der Waals surface area contributed by atoms with Gasteiger partial charge in [-0.25, -0.2) is 0 Å². The predicted octanol–water partition coefficient (Wildman–Crippen LogP) is 3.52. The number of benzene rings is 1. The number of aryl methyl sites for hydroxylation is 2. The number of hydrogen-bond donors (Lipinski definition) is 2. The van der Waals surface area contributed by atoms with E-state index in [0.29, 0.717) is 18.5 Å². The van der Waals surface area contributed by atoms with Crippen LogP contribution in [0, 0.1) is 13.8 Å². The summed E-state index contributed by atoms with van der Waals surface area (Å²) in [6, 6.07) is 11.3. The van der Waals surface area contributed by atoms with Gasteiger partial charge < -0.3 is 15.2 Å². The van der Waals surface area contributed by atoms with E-state index in [-0.39, 0.29) is 17.9 Å². The summed E-state index contributed by atoms with van der Waals surface area (Å²) in [5.74, 6) is -0.183. The van der Waals surface area contributed by atoms with E-state index in [4.69, 9.17) is 0 Å². The lowest BCUT2D eigenvalue weighted by atomic mass is 10.0. The summed E-state index contributed by atoms with van der Waals surface area (Å²) < 4.78 is 0. The smallest absolute Gasteiger partial charge is 0.268 e. The highest BCUT2D eigenvalue weighted by Gasteiger charge is 2.21. The normalized spacial score (nSPS) is 12.0. The van der Waals surface area contributed by atoms with Crippen molar-refractivity contribution in [3.63, 3.8) is 0 Å². The fraction of sp³-hybridized carbons (Fsp3) is 0.318. The SMILES string of the molecule is Cc1cccnc1C(CCC(=O)N(C)C)NC(=O)c1cc2cccc(C)c2[nH]1. The molecule has 146 valence electrons. The molecule has 0 radical (unpaired) electrons. The van der Waals surface area contributed by atoms with Crippen molar-refractivity contribution in [2.45, 2.75) is 32.7 Å². The molecule has 3 aromatic rings. The first-order valence-corrected chi connectivity index (χ1v) is 9.37. The number of carbonyl (C=O) groups excluding carboxylic acids is 2. The Hall–Kier alpha value is -3.15. The maximum Gasteiger partial charge on any atom is 0.268 e. The number of para-hydroxylation sites is 1. The van der Waals surface area contributed by atoms with Crippen LogP contribution in [0.3, 0.4) is 0 Å². The lowest BCUT2D eigenvalue weighted by Crippen LogP contribution is -2.31. The Balaban J connectivity index is 1.85. The first kappa shape index (κ1) is 19.6. The van der Waals surface area contributed by atoms with Crippen LogP contribution in [0.4, 0.5) is 0 Å². The van der Waals surface area contributed by atoms with Gasteiger partial charge in [-0.1, -0.05) is 24.3 Å². The van der Waals surface area contributed by atoms with Gasteiger partial charge in [0.1, 0.15) is 5.69 Å². The molecule has 2 aromatic heterocycles. The van der Waals surface area contributed by atoms with Gasteiger partial charge in [-0.05, 0) is 43.5 Å². The molecule has 3 rings (SSSR count). The highest BCUT2D eigenvalue weighted by atomic mass is 16.2. The van der Waals surface area contributed by atoms with E-state index in [0.717, 1.165) is 27.7 Å². The Morgan fingerprint density at radius 2 is 1.89 bits per heavy atom. The second-order valence-electron chi connectivity index (χ2n) is 7.28. The van der Waals surface area contributed by atoms with Crippen LogP contribution in [-0.4, -0.2) is 40.8 Å². The molecule has 0 spiro atoms. The van der Waals surface area contributed by atoms with Gasteiger partial charge in [0, 0.05) is 37.6 Å². The van der Waals surface area contributed by atoms with E-state index in [1.54, 1.807) is 25.2 Å². The van der Waals surface area contributed by atoms with Crippen molar-refractivity contribution in [2.75, 3.05) is 14.1 Å². The Morgan fingerprint density at radius 1 is 1.14 bits per heavy atom. The number of rotatable bonds is 6. The van der Waals surface area contributed by atoms with Gasteiger partial charge in [-0.2, -0.15) is 0 Å². The van der Waals surface area contributed by atoms with Crippen LogP contribution in [-0.2, 0) is 4.79 Å². The summed E-state index contributed by atoms with van der Waals surface area (Å²) in [6.07, 6.45) is 2.53. The summed E-state index contributed by atoms with van der Waals surface area (Å²) >= 11 is 0. The van der Waals surface area contributed by atoms with E-state index >= 15 is 0 Å². The van der Waals surface area contributed by atoms with Crippen LogP contribution in [0.15, 0.2) is 42.6 Å². The number of carbonyl (C=O) groups is 2. The number of aromatic nitrogens is 2. The molecular formula is C22H26N4O2. The second-order valence-corrected chi connectivity index (χ2v) is 7.28. The monoisotopic (exact) mass is 378 g/mol. The fourth-order valence-corrected chi connectivity index (χ4v) is 3.30. The van der Waals surface area contributed by atoms with Gasteiger partial charge in [0.2, 0.25) is 5.91 Å². The molecule has 1 unspecified atom stereocenters. The van der Waals surface area contributed by atoms with Crippen LogP contribution in [0.5, 0.6) is 0 Å². The maximum absolute atomic E-state index is 12.9. The molecule has 0 saturated carbocycles. The minimum absolute atomic E-state index is 0.0223. The third kappa shape index (κ3) is 4.22. The first-order valence-electron chi connectivity index (χ1n) is 9.37. The van der Waals surface area contributed by atoms with Gasteiger partial charge in [0.25, 0.3) is 5.91 Å². The van der Waals surface area contributed by atoms with Gasteiger partial charge >= 0.3 is 0 Å². The zero-order chi connectivity index (χ0) is 20.3. The van der Waals surface area contributed by atoms with Crippen molar-refractivity contribution in [1.29, 1.82) is 0 Å². The highest BCUT2D eigenvalue weighted by molar-refractivity contribution is 5.98. The van der Waals surface area contributed by atoms with Crippen molar-refractivity contribution in [3.8, 4) is 0 Å². The number of aromatic amines is 1. The molecule has 2 amide bonds. The Kier molecular flexibility index (Phi) is 5.78. The molecule has 0 aliphatic carbocycles. The summed E-state index contributed by atoms with van der Waals surface area (Å²) in [4.78, 5) is 34.2. The van der Waals surface area contributed by atoms with E-state index in [1.807, 2.05) is 50.2 Å². The molecule has 1 atom stereocenters. The number of nitrogens with one attached hydrogen (secondary N) is 2. The van der Waals surface area contributed by atoms with Crippen LogP contribution < -0.4 is 5.32 Å². The van der Waals surface area contributed by atoms with Crippen molar-refractivity contribution in [3.05, 3.63) is 65.1 Å². The van der Waals surface area contributed by atoms with E-state index < -0.39 is 0 Å². The van der Waals surface area contributed by atoms with Gasteiger partial charge in [0.05, 0.1) is 11.7 Å². The van der Waals surface area contributed by atoms with E-state index in [9.17, 15) is 9.59 Å².